The summed E-state index contributed by atoms with van der Waals surface area (Å²) in [6.45, 7) is 0. The molecule has 0 atom stereocenters. The normalized spacial score (nSPS) is 11.8. The average Bonchev–Trinajstić information content (AvgIpc) is 2.15. The number of primary sulfonamides is 1. The molecule has 15 heavy (non-hydrogen) atoms. The molecule has 1 heterocycles. The van der Waals surface area contributed by atoms with Crippen LogP contribution in [-0.2, 0) is 15.8 Å². The molecule has 0 aliphatic carbocycles. The Morgan fingerprint density at radius 2 is 2.20 bits per heavy atom. The molecule has 2 N–H and O–H groups in total. The van der Waals surface area contributed by atoms with Gasteiger partial charge in [-0.15, -0.1) is 0 Å². The summed E-state index contributed by atoms with van der Waals surface area (Å²) in [5, 5.41) is 5.82. The van der Waals surface area contributed by atoms with E-state index in [-0.39, 0.29) is 5.75 Å². The Labute approximate surface area is 87.8 Å². The van der Waals surface area contributed by atoms with Gasteiger partial charge in [0.25, 0.3) is 0 Å². The molecule has 4 nitrogen and oxygen atoms in total. The third kappa shape index (κ3) is 2.51. The molecule has 5 heteroatoms. The van der Waals surface area contributed by atoms with E-state index in [1.165, 1.54) is 0 Å². The number of nitrogens with zero attached hydrogens (tertiary/aromatic N) is 1. The summed E-state index contributed by atoms with van der Waals surface area (Å²) in [6.07, 6.45) is 1.57. The van der Waals surface area contributed by atoms with Crippen molar-refractivity contribution in [3.63, 3.8) is 0 Å². The highest BCUT2D eigenvalue weighted by molar-refractivity contribution is 7.88. The second-order valence-corrected chi connectivity index (χ2v) is 4.88. The first kappa shape index (κ1) is 10.1. The highest BCUT2D eigenvalue weighted by atomic mass is 32.2. The van der Waals surface area contributed by atoms with Crippen molar-refractivity contribution in [3.8, 4) is 0 Å². The van der Waals surface area contributed by atoms with Gasteiger partial charge in [-0.3, -0.25) is 4.98 Å². The highest BCUT2D eigenvalue weighted by Gasteiger charge is 2.05. The van der Waals surface area contributed by atoms with Crippen LogP contribution in [0.4, 0.5) is 0 Å². The Morgan fingerprint density at radius 1 is 1.40 bits per heavy atom. The molecule has 1 aromatic heterocycles. The summed E-state index contributed by atoms with van der Waals surface area (Å²) in [7, 11) is -3.48. The van der Waals surface area contributed by atoms with Gasteiger partial charge < -0.3 is 0 Å². The fourth-order valence-electron chi connectivity index (χ4n) is 1.39. The van der Waals surface area contributed by atoms with Crippen molar-refractivity contribution in [2.24, 2.45) is 5.14 Å². The lowest BCUT2D eigenvalue weighted by Crippen LogP contribution is -2.14. The van der Waals surface area contributed by atoms with E-state index in [0.717, 1.165) is 10.9 Å². The van der Waals surface area contributed by atoms with Crippen LogP contribution < -0.4 is 5.14 Å². The number of fused-ring (bicyclic) bond motifs is 1. The lowest BCUT2D eigenvalue weighted by molar-refractivity contribution is 0.597. The first-order valence-corrected chi connectivity index (χ1v) is 6.01. The van der Waals surface area contributed by atoms with Crippen LogP contribution >= 0.6 is 0 Å². The monoisotopic (exact) mass is 221 g/mol. The number of aromatic nitrogens is 1. The van der Waals surface area contributed by atoms with Gasteiger partial charge in [0.1, 0.15) is 0 Å². The molecule has 0 aliphatic rings. The standard InChI is InChI=1S/C10H9N2O2S/c11-15(13,14)7-8-3-4-10-9(6-8)2-1-5-12-10/h2-6H,7H2,(H2,11,13,14). The molecule has 1 radical (unpaired) electrons. The molecular formula is C10H9N2O2S. The molecule has 0 bridgehead atoms. The van der Waals surface area contributed by atoms with Crippen molar-refractivity contribution in [1.82, 2.24) is 4.98 Å². The zero-order valence-electron chi connectivity index (χ0n) is 7.84. The van der Waals surface area contributed by atoms with Crippen LogP contribution in [0.3, 0.4) is 0 Å². The lowest BCUT2D eigenvalue weighted by atomic mass is 10.1. The molecule has 0 amide bonds. The molecule has 0 spiro atoms. The molecule has 0 fully saturated rings. The van der Waals surface area contributed by atoms with Crippen LogP contribution in [0.5, 0.6) is 0 Å². The minimum absolute atomic E-state index is 0.155. The summed E-state index contributed by atoms with van der Waals surface area (Å²) in [4.78, 5) is 4.08. The third-order valence-electron chi connectivity index (χ3n) is 1.98. The van der Waals surface area contributed by atoms with Crippen LogP contribution in [0.15, 0.2) is 30.5 Å². The number of benzene rings is 1. The van der Waals surface area contributed by atoms with Gasteiger partial charge in [-0.05, 0) is 23.8 Å². The molecule has 0 saturated heterocycles. The molecule has 0 unspecified atom stereocenters. The second-order valence-electron chi connectivity index (χ2n) is 3.27. The van der Waals surface area contributed by atoms with Crippen molar-refractivity contribution in [1.29, 1.82) is 0 Å². The largest absolute Gasteiger partial charge is 0.256 e. The summed E-state index contributed by atoms with van der Waals surface area (Å²) in [5.41, 5.74) is 1.47. The number of nitrogens with two attached hydrogens (primary N) is 1. The van der Waals surface area contributed by atoms with E-state index in [9.17, 15) is 8.42 Å². The second kappa shape index (κ2) is 3.60. The molecule has 77 valence electrons. The number of hydrogen-bond acceptors (Lipinski definition) is 3. The fourth-order valence-corrected chi connectivity index (χ4v) is 2.04. The molecule has 0 aliphatic heterocycles. The number of hydrogen-bond donors (Lipinski definition) is 1. The zero-order valence-corrected chi connectivity index (χ0v) is 8.66. The van der Waals surface area contributed by atoms with Gasteiger partial charge in [0.05, 0.1) is 11.3 Å². The van der Waals surface area contributed by atoms with E-state index >= 15 is 0 Å². The van der Waals surface area contributed by atoms with Crippen LogP contribution in [0.25, 0.3) is 10.9 Å². The van der Waals surface area contributed by atoms with Gasteiger partial charge in [-0.1, -0.05) is 6.07 Å². The predicted molar refractivity (Wildman–Crippen MR) is 57.4 cm³/mol. The van der Waals surface area contributed by atoms with E-state index in [1.54, 1.807) is 30.5 Å². The maximum Gasteiger partial charge on any atom is 0.213 e. The lowest BCUT2D eigenvalue weighted by Gasteiger charge is -2.01. The molecule has 1 aromatic carbocycles. The van der Waals surface area contributed by atoms with Gasteiger partial charge in [-0.2, -0.15) is 0 Å². The minimum atomic E-state index is -3.48. The summed E-state index contributed by atoms with van der Waals surface area (Å²) >= 11 is 0. The SMILES string of the molecule is NS(=O)(=O)Cc1ccc2nc[c]cc2c1. The Hall–Kier alpha value is -1.46. The predicted octanol–water partition coefficient (Wildman–Crippen LogP) is 0.823. The summed E-state index contributed by atoms with van der Waals surface area (Å²) in [6, 6.07) is 9.82. The van der Waals surface area contributed by atoms with Crippen molar-refractivity contribution in [3.05, 3.63) is 42.1 Å². The fraction of sp³-hybridized carbons (Fsp3) is 0.100. The smallest absolute Gasteiger partial charge is 0.213 e. The molecule has 2 rings (SSSR count). The number of pyridine rings is 1. The van der Waals surface area contributed by atoms with Crippen molar-refractivity contribution < 1.29 is 8.42 Å². The maximum absolute atomic E-state index is 10.9. The van der Waals surface area contributed by atoms with Crippen molar-refractivity contribution >= 4 is 20.9 Å². The number of sulfonamides is 1. The van der Waals surface area contributed by atoms with Crippen molar-refractivity contribution in [2.45, 2.75) is 5.75 Å². The van der Waals surface area contributed by atoms with Crippen LogP contribution in [0.2, 0.25) is 0 Å². The average molecular weight is 221 g/mol. The molecule has 0 saturated carbocycles. The Balaban J connectivity index is 2.48. The van der Waals surface area contributed by atoms with Crippen LogP contribution in [0.1, 0.15) is 5.56 Å². The quantitative estimate of drug-likeness (QED) is 0.816. The molecular weight excluding hydrogens is 212 g/mol. The van der Waals surface area contributed by atoms with Gasteiger partial charge in [0.2, 0.25) is 10.0 Å². The van der Waals surface area contributed by atoms with E-state index in [1.807, 2.05) is 0 Å². The van der Waals surface area contributed by atoms with Crippen LogP contribution in [0, 0.1) is 6.07 Å². The van der Waals surface area contributed by atoms with Gasteiger partial charge in [0, 0.05) is 17.6 Å². The third-order valence-corrected chi connectivity index (χ3v) is 2.71. The van der Waals surface area contributed by atoms with E-state index in [0.29, 0.717) is 5.56 Å². The first-order chi connectivity index (χ1) is 7.04. The van der Waals surface area contributed by atoms with Crippen molar-refractivity contribution in [2.75, 3.05) is 0 Å². The Bertz CT molecular complexity index is 593. The van der Waals surface area contributed by atoms with E-state index in [4.69, 9.17) is 5.14 Å². The zero-order chi connectivity index (χ0) is 10.9. The highest BCUT2D eigenvalue weighted by Crippen LogP contribution is 2.14. The summed E-state index contributed by atoms with van der Waals surface area (Å²) < 4.78 is 21.8. The summed E-state index contributed by atoms with van der Waals surface area (Å²) in [5.74, 6) is -0.155. The minimum Gasteiger partial charge on any atom is -0.256 e. The van der Waals surface area contributed by atoms with Gasteiger partial charge in [0.15, 0.2) is 0 Å². The number of rotatable bonds is 2. The molecule has 2 aromatic rings. The van der Waals surface area contributed by atoms with Gasteiger partial charge >= 0.3 is 0 Å². The van der Waals surface area contributed by atoms with Gasteiger partial charge in [-0.25, -0.2) is 13.6 Å². The first-order valence-electron chi connectivity index (χ1n) is 4.30. The maximum atomic E-state index is 10.9. The topological polar surface area (TPSA) is 73.1 Å². The van der Waals surface area contributed by atoms with Crippen LogP contribution in [-0.4, -0.2) is 13.4 Å². The van der Waals surface area contributed by atoms with E-state index < -0.39 is 10.0 Å². The Morgan fingerprint density at radius 3 is 2.93 bits per heavy atom. The van der Waals surface area contributed by atoms with E-state index in [2.05, 4.69) is 11.1 Å². The Kier molecular flexibility index (Phi) is 2.42.